The fraction of sp³-hybridized carbons (Fsp3) is 0.263. The molecule has 5 nitrogen and oxygen atoms in total. The second-order valence-corrected chi connectivity index (χ2v) is 5.54. The van der Waals surface area contributed by atoms with Gasteiger partial charge < -0.3 is 15.3 Å². The molecule has 1 heterocycles. The van der Waals surface area contributed by atoms with Crippen LogP contribution in [0, 0.1) is 11.8 Å². The third kappa shape index (κ3) is 5.75. The fourth-order valence-electron chi connectivity index (χ4n) is 1.95. The van der Waals surface area contributed by atoms with E-state index >= 15 is 0 Å². The quantitative estimate of drug-likeness (QED) is 0.850. The van der Waals surface area contributed by atoms with Crippen molar-refractivity contribution in [1.29, 1.82) is 0 Å². The number of nitrogens with zero attached hydrogens (tertiary/aromatic N) is 2. The molecule has 5 heteroatoms. The minimum absolute atomic E-state index is 0.217. The van der Waals surface area contributed by atoms with Crippen molar-refractivity contribution in [2.45, 2.75) is 19.4 Å². The summed E-state index contributed by atoms with van der Waals surface area (Å²) in [4.78, 5) is 17.8. The highest BCUT2D eigenvalue weighted by Gasteiger charge is 2.09. The molecule has 0 aliphatic heterocycles. The summed E-state index contributed by atoms with van der Waals surface area (Å²) in [5.74, 6) is 6.02. The Labute approximate surface area is 142 Å². The molecule has 0 fully saturated rings. The van der Waals surface area contributed by atoms with Crippen molar-refractivity contribution in [2.75, 3.05) is 18.9 Å². The Morgan fingerprint density at radius 1 is 1.29 bits per heavy atom. The largest absolute Gasteiger partial charge is 0.393 e. The first kappa shape index (κ1) is 17.5. The van der Waals surface area contributed by atoms with Gasteiger partial charge in [-0.25, -0.2) is 9.78 Å². The van der Waals surface area contributed by atoms with Crippen LogP contribution in [-0.2, 0) is 0 Å². The number of nitrogens with one attached hydrogen (secondary N) is 1. The Bertz CT molecular complexity index is 733. The Balaban J connectivity index is 2.00. The van der Waals surface area contributed by atoms with Crippen LogP contribution in [0.3, 0.4) is 0 Å². The smallest absolute Gasteiger partial charge is 0.321 e. The number of aliphatic hydroxyl groups is 1. The molecular weight excluding hydrogens is 302 g/mol. The van der Waals surface area contributed by atoms with Crippen LogP contribution in [0.25, 0.3) is 0 Å². The van der Waals surface area contributed by atoms with Gasteiger partial charge in [0.1, 0.15) is 5.69 Å². The number of aliphatic hydroxyl groups excluding tert-OH is 1. The Morgan fingerprint density at radius 3 is 2.83 bits per heavy atom. The van der Waals surface area contributed by atoms with Crippen molar-refractivity contribution < 1.29 is 9.90 Å². The molecule has 2 N–H and O–H groups in total. The minimum Gasteiger partial charge on any atom is -0.393 e. The zero-order valence-electron chi connectivity index (χ0n) is 13.9. The number of urea groups is 1. The van der Waals surface area contributed by atoms with E-state index in [9.17, 15) is 9.90 Å². The topological polar surface area (TPSA) is 65.5 Å². The van der Waals surface area contributed by atoms with E-state index in [0.717, 1.165) is 5.56 Å². The summed E-state index contributed by atoms with van der Waals surface area (Å²) < 4.78 is 0. The lowest BCUT2D eigenvalue weighted by Gasteiger charge is -2.18. The number of carbonyl (C=O) groups is 1. The molecule has 0 saturated carbocycles. The lowest BCUT2D eigenvalue weighted by atomic mass is 10.2. The van der Waals surface area contributed by atoms with E-state index in [4.69, 9.17) is 0 Å². The zero-order valence-corrected chi connectivity index (χ0v) is 13.9. The third-order valence-electron chi connectivity index (χ3n) is 3.34. The molecule has 2 rings (SSSR count). The van der Waals surface area contributed by atoms with Crippen molar-refractivity contribution >= 4 is 11.7 Å². The van der Waals surface area contributed by atoms with Gasteiger partial charge in [0.05, 0.1) is 6.10 Å². The molecule has 0 radical (unpaired) electrons. The predicted molar refractivity (Wildman–Crippen MR) is 94.6 cm³/mol. The van der Waals surface area contributed by atoms with Gasteiger partial charge in [-0.3, -0.25) is 0 Å². The molecule has 0 bridgehead atoms. The fourth-order valence-corrected chi connectivity index (χ4v) is 1.95. The summed E-state index contributed by atoms with van der Waals surface area (Å²) in [5, 5.41) is 12.1. The van der Waals surface area contributed by atoms with Gasteiger partial charge in [-0.15, -0.1) is 0 Å². The van der Waals surface area contributed by atoms with Crippen LogP contribution in [-0.4, -0.2) is 40.7 Å². The average molecular weight is 323 g/mol. The lowest BCUT2D eigenvalue weighted by molar-refractivity contribution is 0.167. The standard InChI is InChI=1S/C19H21N3O2/c1-15(23)11-13-22(2)19(24)21-18-8-5-6-16(14-18)9-10-17-7-3-4-12-20-17/h3-8,12,14-15,23H,11,13H2,1-2H3,(H,21,24). The van der Waals surface area contributed by atoms with Crippen LogP contribution in [0.4, 0.5) is 10.5 Å². The van der Waals surface area contributed by atoms with Crippen LogP contribution in [0.2, 0.25) is 0 Å². The SMILES string of the molecule is CC(O)CCN(C)C(=O)Nc1cccc(C#Cc2ccccn2)c1. The Hall–Kier alpha value is -2.84. The van der Waals surface area contributed by atoms with E-state index in [0.29, 0.717) is 24.3 Å². The molecule has 0 saturated heterocycles. The molecule has 1 unspecified atom stereocenters. The number of carbonyl (C=O) groups excluding carboxylic acids is 1. The third-order valence-corrected chi connectivity index (χ3v) is 3.34. The number of anilines is 1. The predicted octanol–water partition coefficient (Wildman–Crippen LogP) is 2.72. The number of hydrogen-bond acceptors (Lipinski definition) is 3. The van der Waals surface area contributed by atoms with Gasteiger partial charge in [0.25, 0.3) is 0 Å². The highest BCUT2D eigenvalue weighted by atomic mass is 16.3. The van der Waals surface area contributed by atoms with Crippen molar-refractivity contribution in [2.24, 2.45) is 0 Å². The molecule has 0 aliphatic carbocycles. The first-order chi connectivity index (χ1) is 11.5. The van der Waals surface area contributed by atoms with Crippen molar-refractivity contribution in [3.63, 3.8) is 0 Å². The number of pyridine rings is 1. The van der Waals surface area contributed by atoms with E-state index in [1.807, 2.05) is 42.5 Å². The molecule has 2 aromatic rings. The summed E-state index contributed by atoms with van der Waals surface area (Å²) in [6.07, 6.45) is 1.81. The second kappa shape index (κ2) is 8.70. The Kier molecular flexibility index (Phi) is 6.35. The first-order valence-electron chi connectivity index (χ1n) is 7.78. The minimum atomic E-state index is -0.426. The molecular formula is C19H21N3O2. The van der Waals surface area contributed by atoms with Gasteiger partial charge >= 0.3 is 6.03 Å². The number of aromatic nitrogens is 1. The highest BCUT2D eigenvalue weighted by molar-refractivity contribution is 5.89. The number of rotatable bonds is 4. The molecule has 2 amide bonds. The monoisotopic (exact) mass is 323 g/mol. The van der Waals surface area contributed by atoms with Gasteiger partial charge in [-0.05, 0) is 49.6 Å². The van der Waals surface area contributed by atoms with Crippen molar-refractivity contribution in [3.8, 4) is 11.8 Å². The molecule has 24 heavy (non-hydrogen) atoms. The average Bonchev–Trinajstić information content (AvgIpc) is 2.59. The van der Waals surface area contributed by atoms with Crippen LogP contribution >= 0.6 is 0 Å². The van der Waals surface area contributed by atoms with E-state index < -0.39 is 6.10 Å². The molecule has 1 atom stereocenters. The molecule has 1 aromatic heterocycles. The maximum Gasteiger partial charge on any atom is 0.321 e. The van der Waals surface area contributed by atoms with Crippen LogP contribution in [0.1, 0.15) is 24.6 Å². The number of amides is 2. The highest BCUT2D eigenvalue weighted by Crippen LogP contribution is 2.11. The van der Waals surface area contributed by atoms with Gasteiger partial charge in [0, 0.05) is 31.0 Å². The van der Waals surface area contributed by atoms with Crippen LogP contribution in [0.5, 0.6) is 0 Å². The lowest BCUT2D eigenvalue weighted by Crippen LogP contribution is -2.33. The zero-order chi connectivity index (χ0) is 17.4. The van der Waals surface area contributed by atoms with Crippen molar-refractivity contribution in [3.05, 3.63) is 59.9 Å². The second-order valence-electron chi connectivity index (χ2n) is 5.54. The van der Waals surface area contributed by atoms with E-state index in [1.54, 1.807) is 25.1 Å². The van der Waals surface area contributed by atoms with Crippen molar-refractivity contribution in [1.82, 2.24) is 9.88 Å². The first-order valence-corrected chi connectivity index (χ1v) is 7.78. The van der Waals surface area contributed by atoms with E-state index in [1.165, 1.54) is 0 Å². The van der Waals surface area contributed by atoms with E-state index in [-0.39, 0.29) is 6.03 Å². The van der Waals surface area contributed by atoms with E-state index in [2.05, 4.69) is 22.1 Å². The molecule has 124 valence electrons. The normalized spacial score (nSPS) is 11.1. The van der Waals surface area contributed by atoms with Gasteiger partial charge in [-0.2, -0.15) is 0 Å². The van der Waals surface area contributed by atoms with Gasteiger partial charge in [0.2, 0.25) is 0 Å². The van der Waals surface area contributed by atoms with Crippen LogP contribution < -0.4 is 5.32 Å². The number of benzene rings is 1. The summed E-state index contributed by atoms with van der Waals surface area (Å²) in [5.41, 5.74) is 2.17. The van der Waals surface area contributed by atoms with Gasteiger partial charge in [-0.1, -0.05) is 18.1 Å². The maximum absolute atomic E-state index is 12.1. The Morgan fingerprint density at radius 2 is 2.12 bits per heavy atom. The summed E-state index contributed by atoms with van der Waals surface area (Å²) in [6.45, 7) is 2.19. The molecule has 0 spiro atoms. The number of hydrogen-bond donors (Lipinski definition) is 2. The summed E-state index contributed by atoms with van der Waals surface area (Å²) >= 11 is 0. The molecule has 1 aromatic carbocycles. The molecule has 0 aliphatic rings. The van der Waals surface area contributed by atoms with Gasteiger partial charge in [0.15, 0.2) is 0 Å². The summed E-state index contributed by atoms with van der Waals surface area (Å²) in [6, 6.07) is 12.7. The van der Waals surface area contributed by atoms with Crippen LogP contribution in [0.15, 0.2) is 48.7 Å². The summed E-state index contributed by atoms with van der Waals surface area (Å²) in [7, 11) is 1.70. The maximum atomic E-state index is 12.1.